The predicted octanol–water partition coefficient (Wildman–Crippen LogP) is 6.43. The first-order chi connectivity index (χ1) is 16.4. The van der Waals surface area contributed by atoms with Gasteiger partial charge in [-0.15, -0.1) is 11.3 Å². The second kappa shape index (κ2) is 8.31. The van der Waals surface area contributed by atoms with Crippen molar-refractivity contribution in [2.45, 2.75) is 52.1 Å². The van der Waals surface area contributed by atoms with Crippen LogP contribution in [0.25, 0.3) is 10.4 Å². The van der Waals surface area contributed by atoms with Crippen molar-refractivity contribution >= 4 is 22.8 Å². The summed E-state index contributed by atoms with van der Waals surface area (Å²) in [5, 5.41) is 18.7. The number of hydrogen-bond donors (Lipinski definition) is 0. The molecule has 0 bridgehead atoms. The van der Waals surface area contributed by atoms with Crippen LogP contribution in [0.15, 0.2) is 64.6 Å². The topological polar surface area (TPSA) is 77.1 Å². The summed E-state index contributed by atoms with van der Waals surface area (Å²) in [5.41, 5.74) is 3.76. The first-order valence-corrected chi connectivity index (χ1v) is 12.5. The van der Waals surface area contributed by atoms with E-state index >= 15 is 0 Å². The summed E-state index contributed by atoms with van der Waals surface area (Å²) >= 11 is 1.75. The molecule has 1 aromatic carbocycles. The Kier molecular flexibility index (Phi) is 5.42. The largest absolute Gasteiger partial charge is 0.475 e. The number of fused-ring (bicyclic) bond motifs is 3. The number of anilines is 1. The number of thiophene rings is 1. The standard InChI is InChI=1S/C28H25N3O2S/c1-4-5-6-7-12-31-22-10-9-18(23-11-8-17(2)34-23)13-21(22)28(3)24(31)14-20-26(32)25(27(20)33-28)19(15-29)16-30/h8-11,13-14H,4-7,12H2,1-3H3. The van der Waals surface area contributed by atoms with Crippen molar-refractivity contribution in [2.75, 3.05) is 11.4 Å². The molecule has 5 nitrogen and oxygen atoms in total. The Balaban J connectivity index is 1.62. The lowest BCUT2D eigenvalue weighted by Gasteiger charge is -2.39. The summed E-state index contributed by atoms with van der Waals surface area (Å²) in [5.74, 6) is 0.0739. The number of hydrogen-bond acceptors (Lipinski definition) is 6. The fourth-order valence-electron chi connectivity index (χ4n) is 5.04. The summed E-state index contributed by atoms with van der Waals surface area (Å²) in [4.78, 5) is 17.5. The van der Waals surface area contributed by atoms with Crippen LogP contribution in [0, 0.1) is 29.6 Å². The number of benzene rings is 1. The molecule has 0 fully saturated rings. The fraction of sp³-hybridized carbons (Fsp3) is 0.321. The van der Waals surface area contributed by atoms with Gasteiger partial charge in [-0.25, -0.2) is 0 Å². The Bertz CT molecular complexity index is 1380. The number of nitrogens with zero attached hydrogens (tertiary/aromatic N) is 3. The van der Waals surface area contributed by atoms with Gasteiger partial charge in [0.25, 0.3) is 0 Å². The molecule has 1 unspecified atom stereocenters. The summed E-state index contributed by atoms with van der Waals surface area (Å²) in [7, 11) is 0. The zero-order valence-electron chi connectivity index (χ0n) is 19.6. The third-order valence-electron chi connectivity index (χ3n) is 6.85. The van der Waals surface area contributed by atoms with E-state index in [0.717, 1.165) is 41.9 Å². The molecule has 0 saturated carbocycles. The van der Waals surface area contributed by atoms with Crippen LogP contribution in [0.2, 0.25) is 0 Å². The Morgan fingerprint density at radius 1 is 1.15 bits per heavy atom. The molecule has 3 aliphatic rings. The third-order valence-corrected chi connectivity index (χ3v) is 7.90. The van der Waals surface area contributed by atoms with E-state index in [1.54, 1.807) is 11.3 Å². The molecule has 6 heteroatoms. The summed E-state index contributed by atoms with van der Waals surface area (Å²) < 4.78 is 6.54. The minimum absolute atomic E-state index is 0.101. The average molecular weight is 468 g/mol. The number of Topliss-reactive ketones (excluding diaryl/α,β-unsaturated/α-hetero) is 1. The highest BCUT2D eigenvalue weighted by Gasteiger charge is 2.53. The maximum absolute atomic E-state index is 12.8. The van der Waals surface area contributed by atoms with E-state index in [9.17, 15) is 15.3 Å². The lowest BCUT2D eigenvalue weighted by molar-refractivity contribution is -0.115. The monoisotopic (exact) mass is 467 g/mol. The zero-order valence-corrected chi connectivity index (χ0v) is 20.4. The van der Waals surface area contributed by atoms with E-state index in [-0.39, 0.29) is 16.9 Å². The molecule has 0 spiro atoms. The van der Waals surface area contributed by atoms with Gasteiger partial charge in [0.05, 0.1) is 16.8 Å². The van der Waals surface area contributed by atoms with Crippen molar-refractivity contribution in [2.24, 2.45) is 0 Å². The van der Waals surface area contributed by atoms with Gasteiger partial charge >= 0.3 is 0 Å². The highest BCUT2D eigenvalue weighted by atomic mass is 32.1. The van der Waals surface area contributed by atoms with Gasteiger partial charge in [-0.2, -0.15) is 10.5 Å². The average Bonchev–Trinajstić information content (AvgIpc) is 3.38. The van der Waals surface area contributed by atoms with Crippen molar-refractivity contribution < 1.29 is 9.53 Å². The Labute approximate surface area is 203 Å². The van der Waals surface area contributed by atoms with E-state index in [1.807, 2.05) is 25.1 Å². The van der Waals surface area contributed by atoms with Gasteiger partial charge in [0.1, 0.15) is 23.5 Å². The van der Waals surface area contributed by atoms with Gasteiger partial charge in [-0.1, -0.05) is 32.3 Å². The van der Waals surface area contributed by atoms with Gasteiger partial charge in [0, 0.05) is 27.5 Å². The summed E-state index contributed by atoms with van der Waals surface area (Å²) in [6.07, 6.45) is 6.46. The highest BCUT2D eigenvalue weighted by molar-refractivity contribution is 7.15. The highest BCUT2D eigenvalue weighted by Crippen LogP contribution is 2.56. The first kappa shape index (κ1) is 22.2. The van der Waals surface area contributed by atoms with E-state index in [2.05, 4.69) is 49.1 Å². The molecule has 0 amide bonds. The Morgan fingerprint density at radius 3 is 2.62 bits per heavy atom. The molecule has 2 aliphatic heterocycles. The molecule has 0 saturated heterocycles. The number of rotatable bonds is 6. The number of ether oxygens (including phenoxy) is 1. The quantitative estimate of drug-likeness (QED) is 0.278. The SMILES string of the molecule is CCCCCCN1C2=CC3=C(OC2(C)c2cc(-c4ccc(C)s4)ccc21)C(=C(C#N)C#N)C3=O. The Hall–Kier alpha value is -3.61. The van der Waals surface area contributed by atoms with Crippen LogP contribution in [-0.4, -0.2) is 12.3 Å². The molecular weight excluding hydrogens is 442 g/mol. The van der Waals surface area contributed by atoms with Crippen molar-refractivity contribution in [3.63, 3.8) is 0 Å². The minimum atomic E-state index is -0.802. The van der Waals surface area contributed by atoms with Gasteiger partial charge in [-0.05, 0) is 56.2 Å². The smallest absolute Gasteiger partial charge is 0.202 e. The van der Waals surface area contributed by atoms with Crippen molar-refractivity contribution in [1.29, 1.82) is 10.5 Å². The number of aryl methyl sites for hydroxylation is 1. The van der Waals surface area contributed by atoms with Crippen LogP contribution in [0.1, 0.15) is 50.0 Å². The van der Waals surface area contributed by atoms with Crippen LogP contribution >= 0.6 is 11.3 Å². The maximum Gasteiger partial charge on any atom is 0.202 e. The van der Waals surface area contributed by atoms with E-state index in [1.165, 1.54) is 22.6 Å². The molecule has 1 atom stereocenters. The van der Waals surface area contributed by atoms with Crippen LogP contribution in [0.4, 0.5) is 5.69 Å². The lowest BCUT2D eigenvalue weighted by Crippen LogP contribution is -2.39. The summed E-state index contributed by atoms with van der Waals surface area (Å²) in [6.45, 7) is 7.17. The molecule has 34 heavy (non-hydrogen) atoms. The number of ketones is 1. The third kappa shape index (κ3) is 3.22. The second-order valence-corrected chi connectivity index (χ2v) is 10.4. The molecule has 5 rings (SSSR count). The van der Waals surface area contributed by atoms with Gasteiger partial charge < -0.3 is 9.64 Å². The van der Waals surface area contributed by atoms with Crippen LogP contribution in [0.5, 0.6) is 0 Å². The molecule has 0 N–H and O–H groups in total. The fourth-order valence-corrected chi connectivity index (χ4v) is 5.90. The normalized spacial score (nSPS) is 19.9. The zero-order chi connectivity index (χ0) is 24.0. The molecular formula is C28H25N3O2S. The molecule has 0 radical (unpaired) electrons. The number of nitriles is 2. The van der Waals surface area contributed by atoms with Crippen LogP contribution in [0.3, 0.4) is 0 Å². The van der Waals surface area contributed by atoms with E-state index < -0.39 is 5.60 Å². The van der Waals surface area contributed by atoms with Crippen LogP contribution < -0.4 is 4.90 Å². The van der Waals surface area contributed by atoms with Gasteiger partial charge in [0.15, 0.2) is 5.60 Å². The van der Waals surface area contributed by atoms with Crippen molar-refractivity contribution in [1.82, 2.24) is 0 Å². The van der Waals surface area contributed by atoms with Crippen molar-refractivity contribution in [3.05, 3.63) is 75.0 Å². The molecule has 1 aliphatic carbocycles. The van der Waals surface area contributed by atoms with E-state index in [0.29, 0.717) is 11.3 Å². The lowest BCUT2D eigenvalue weighted by atomic mass is 9.79. The number of carbonyl (C=O) groups excluding carboxylic acids is 1. The summed E-state index contributed by atoms with van der Waals surface area (Å²) in [6, 6.07) is 14.4. The number of unbranched alkanes of at least 4 members (excludes halogenated alkanes) is 3. The van der Waals surface area contributed by atoms with Gasteiger partial charge in [-0.3, -0.25) is 4.79 Å². The molecule has 3 heterocycles. The maximum atomic E-state index is 12.8. The second-order valence-electron chi connectivity index (χ2n) is 9.06. The van der Waals surface area contributed by atoms with Gasteiger partial charge in [0.2, 0.25) is 5.78 Å². The van der Waals surface area contributed by atoms with E-state index in [4.69, 9.17) is 4.74 Å². The minimum Gasteiger partial charge on any atom is -0.475 e. The van der Waals surface area contributed by atoms with Crippen molar-refractivity contribution in [3.8, 4) is 22.6 Å². The number of allylic oxidation sites excluding steroid dienone is 4. The predicted molar refractivity (Wildman–Crippen MR) is 133 cm³/mol. The van der Waals surface area contributed by atoms with Crippen LogP contribution in [-0.2, 0) is 15.1 Å². The first-order valence-electron chi connectivity index (χ1n) is 11.7. The molecule has 1 aromatic heterocycles. The Morgan fingerprint density at radius 2 is 1.94 bits per heavy atom. The number of carbonyl (C=O) groups is 1. The molecule has 2 aromatic rings. The molecule has 170 valence electrons.